The highest BCUT2D eigenvalue weighted by Gasteiger charge is 2.28. The molecule has 0 spiro atoms. The van der Waals surface area contributed by atoms with Gasteiger partial charge >= 0.3 is 7.82 Å². The number of anilines is 1. The predicted molar refractivity (Wildman–Crippen MR) is 96.7 cm³/mol. The maximum atomic E-state index is 12.3. The average molecular weight is 390 g/mol. The SMILES string of the molecule is COP(=O)(OC)OC(Cc1ccccc1)Nc1ccc(Cl)c(Cl)c1. The van der Waals surface area contributed by atoms with E-state index in [9.17, 15) is 4.57 Å². The Bertz CT molecular complexity index is 706. The van der Waals surface area contributed by atoms with Crippen molar-refractivity contribution in [1.82, 2.24) is 0 Å². The molecule has 0 aliphatic heterocycles. The minimum atomic E-state index is -3.65. The van der Waals surface area contributed by atoms with Crippen LogP contribution in [0.5, 0.6) is 0 Å². The molecule has 1 unspecified atom stereocenters. The van der Waals surface area contributed by atoms with Gasteiger partial charge in [-0.3, -0.25) is 13.6 Å². The molecule has 8 heteroatoms. The van der Waals surface area contributed by atoms with Crippen LogP contribution < -0.4 is 5.32 Å². The Balaban J connectivity index is 2.21. The second-order valence-corrected chi connectivity index (χ2v) is 7.52. The molecule has 0 aromatic heterocycles. The van der Waals surface area contributed by atoms with Gasteiger partial charge in [-0.25, -0.2) is 4.57 Å². The number of hydrogen-bond acceptors (Lipinski definition) is 5. The molecule has 2 rings (SSSR count). The molecule has 1 N–H and O–H groups in total. The fourth-order valence-corrected chi connectivity index (χ4v) is 3.09. The summed E-state index contributed by atoms with van der Waals surface area (Å²) in [6.07, 6.45) is -0.215. The zero-order valence-electron chi connectivity index (χ0n) is 13.2. The summed E-state index contributed by atoms with van der Waals surface area (Å²) in [4.78, 5) is 0. The smallest absolute Gasteiger partial charge is 0.359 e. The van der Waals surface area contributed by atoms with Gasteiger partial charge in [0.05, 0.1) is 10.0 Å². The second-order valence-electron chi connectivity index (χ2n) is 4.87. The van der Waals surface area contributed by atoms with Crippen molar-refractivity contribution in [2.45, 2.75) is 12.6 Å². The van der Waals surface area contributed by atoms with Crippen LogP contribution in [0.1, 0.15) is 5.56 Å². The molecule has 1 atom stereocenters. The summed E-state index contributed by atoms with van der Waals surface area (Å²) in [5.41, 5.74) is 1.66. The first-order chi connectivity index (χ1) is 11.5. The number of nitrogens with one attached hydrogen (secondary N) is 1. The molecule has 0 radical (unpaired) electrons. The molecule has 5 nitrogen and oxygen atoms in total. The van der Waals surface area contributed by atoms with E-state index in [0.29, 0.717) is 22.2 Å². The first kappa shape index (κ1) is 19.3. The van der Waals surface area contributed by atoms with Gasteiger partial charge in [0.25, 0.3) is 0 Å². The average Bonchev–Trinajstić information content (AvgIpc) is 2.59. The molecule has 0 heterocycles. The van der Waals surface area contributed by atoms with E-state index < -0.39 is 14.1 Å². The first-order valence-electron chi connectivity index (χ1n) is 7.11. The van der Waals surface area contributed by atoms with E-state index in [4.69, 9.17) is 36.8 Å². The summed E-state index contributed by atoms with van der Waals surface area (Å²) < 4.78 is 27.6. The van der Waals surface area contributed by atoms with Crippen molar-refractivity contribution in [2.75, 3.05) is 19.5 Å². The van der Waals surface area contributed by atoms with Gasteiger partial charge < -0.3 is 5.32 Å². The van der Waals surface area contributed by atoms with Crippen molar-refractivity contribution in [2.24, 2.45) is 0 Å². The number of rotatable bonds is 8. The number of phosphoric acid groups is 1. The Morgan fingerprint density at radius 2 is 1.71 bits per heavy atom. The van der Waals surface area contributed by atoms with E-state index >= 15 is 0 Å². The van der Waals surface area contributed by atoms with Gasteiger partial charge in [0.15, 0.2) is 0 Å². The lowest BCUT2D eigenvalue weighted by molar-refractivity contribution is 0.118. The summed E-state index contributed by atoms with van der Waals surface area (Å²) in [6.45, 7) is 0. The van der Waals surface area contributed by atoms with Gasteiger partial charge in [0.2, 0.25) is 0 Å². The zero-order chi connectivity index (χ0) is 17.6. The monoisotopic (exact) mass is 389 g/mol. The van der Waals surface area contributed by atoms with E-state index in [2.05, 4.69) is 5.32 Å². The molecule has 2 aromatic carbocycles. The largest absolute Gasteiger partial charge is 0.476 e. The van der Waals surface area contributed by atoms with Crippen molar-refractivity contribution in [3.8, 4) is 0 Å². The fourth-order valence-electron chi connectivity index (χ4n) is 2.03. The topological polar surface area (TPSA) is 56.8 Å². The van der Waals surface area contributed by atoms with Crippen LogP contribution >= 0.6 is 31.0 Å². The highest BCUT2D eigenvalue weighted by molar-refractivity contribution is 7.48. The van der Waals surface area contributed by atoms with Crippen LogP contribution in [-0.4, -0.2) is 20.4 Å². The van der Waals surface area contributed by atoms with Crippen molar-refractivity contribution in [3.05, 3.63) is 64.1 Å². The van der Waals surface area contributed by atoms with E-state index in [1.54, 1.807) is 18.2 Å². The zero-order valence-corrected chi connectivity index (χ0v) is 15.6. The van der Waals surface area contributed by atoms with Gasteiger partial charge in [0, 0.05) is 26.3 Å². The molecule has 0 aliphatic rings. The lowest BCUT2D eigenvalue weighted by Gasteiger charge is -2.24. The minimum Gasteiger partial charge on any atom is -0.359 e. The fraction of sp³-hybridized carbons (Fsp3) is 0.250. The molecule has 0 saturated heterocycles. The Hall–Kier alpha value is -1.07. The van der Waals surface area contributed by atoms with Crippen LogP contribution in [0, 0.1) is 0 Å². The number of phosphoric ester groups is 1. The Morgan fingerprint density at radius 1 is 1.04 bits per heavy atom. The van der Waals surface area contributed by atoms with Crippen LogP contribution in [0.25, 0.3) is 0 Å². The van der Waals surface area contributed by atoms with Gasteiger partial charge in [-0.2, -0.15) is 0 Å². The third kappa shape index (κ3) is 5.49. The van der Waals surface area contributed by atoms with E-state index in [-0.39, 0.29) is 0 Å². The predicted octanol–water partition coefficient (Wildman–Crippen LogP) is 5.39. The quantitative estimate of drug-likeness (QED) is 0.484. The third-order valence-electron chi connectivity index (χ3n) is 3.21. The van der Waals surface area contributed by atoms with Crippen molar-refractivity contribution >= 4 is 36.7 Å². The van der Waals surface area contributed by atoms with Gasteiger partial charge in [0.1, 0.15) is 6.23 Å². The molecule has 0 saturated carbocycles. The van der Waals surface area contributed by atoms with E-state index in [1.165, 1.54) is 14.2 Å². The first-order valence-corrected chi connectivity index (χ1v) is 9.33. The van der Waals surface area contributed by atoms with Crippen LogP contribution in [0.15, 0.2) is 48.5 Å². The highest BCUT2D eigenvalue weighted by atomic mass is 35.5. The molecular weight excluding hydrogens is 372 g/mol. The van der Waals surface area contributed by atoms with Crippen molar-refractivity contribution < 1.29 is 18.1 Å². The highest BCUT2D eigenvalue weighted by Crippen LogP contribution is 2.49. The standard InChI is InChI=1S/C16H18Cl2NO4P/c1-21-24(20,22-2)23-16(10-12-6-4-3-5-7-12)19-13-8-9-14(17)15(18)11-13/h3-9,11,16,19H,10H2,1-2H3. The van der Waals surface area contributed by atoms with Gasteiger partial charge in [-0.15, -0.1) is 0 Å². The lowest BCUT2D eigenvalue weighted by Crippen LogP contribution is -2.25. The molecule has 0 bridgehead atoms. The van der Waals surface area contributed by atoms with Crippen LogP contribution in [0.2, 0.25) is 10.0 Å². The van der Waals surface area contributed by atoms with Crippen molar-refractivity contribution in [1.29, 1.82) is 0 Å². The number of benzene rings is 2. The summed E-state index contributed by atoms with van der Waals surface area (Å²) in [6, 6.07) is 14.7. The number of halogens is 2. The van der Waals surface area contributed by atoms with Crippen molar-refractivity contribution in [3.63, 3.8) is 0 Å². The summed E-state index contributed by atoms with van der Waals surface area (Å²) in [5, 5.41) is 3.97. The third-order valence-corrected chi connectivity index (χ3v) is 5.36. The van der Waals surface area contributed by atoms with Crippen LogP contribution in [-0.2, 0) is 24.6 Å². The summed E-state index contributed by atoms with van der Waals surface area (Å²) in [7, 11) is -1.12. The molecular formula is C16H18Cl2NO4P. The molecule has 2 aromatic rings. The Labute approximate surface area is 151 Å². The molecule has 0 aliphatic carbocycles. The Morgan fingerprint density at radius 3 is 2.29 bits per heavy atom. The molecule has 130 valence electrons. The Kier molecular flexibility index (Phi) is 7.11. The van der Waals surface area contributed by atoms with E-state index in [1.807, 2.05) is 30.3 Å². The summed E-state index contributed by atoms with van der Waals surface area (Å²) >= 11 is 12.0. The second kappa shape index (κ2) is 8.86. The van der Waals surface area contributed by atoms with E-state index in [0.717, 1.165) is 5.56 Å². The number of hydrogen-bond donors (Lipinski definition) is 1. The van der Waals surface area contributed by atoms with Gasteiger partial charge in [-0.1, -0.05) is 53.5 Å². The summed E-state index contributed by atoms with van der Waals surface area (Å²) in [5.74, 6) is 0. The maximum absolute atomic E-state index is 12.3. The molecule has 0 amide bonds. The molecule has 0 fully saturated rings. The van der Waals surface area contributed by atoms with Crippen LogP contribution in [0.4, 0.5) is 5.69 Å². The maximum Gasteiger partial charge on any atom is 0.476 e. The minimum absolute atomic E-state index is 0.404. The van der Waals surface area contributed by atoms with Crippen LogP contribution in [0.3, 0.4) is 0 Å². The molecule has 24 heavy (non-hydrogen) atoms. The normalized spacial score (nSPS) is 12.8. The lowest BCUT2D eigenvalue weighted by atomic mass is 10.1. The van der Waals surface area contributed by atoms with Gasteiger partial charge in [-0.05, 0) is 23.8 Å².